The number of rotatable bonds is 5. The van der Waals surface area contributed by atoms with Crippen molar-refractivity contribution in [1.29, 1.82) is 0 Å². The zero-order valence-electron chi connectivity index (χ0n) is 15.8. The molecular formula is C21H20N2O5S. The van der Waals surface area contributed by atoms with E-state index in [9.17, 15) is 19.5 Å². The molecule has 1 aromatic carbocycles. The van der Waals surface area contributed by atoms with Crippen molar-refractivity contribution in [2.75, 3.05) is 6.61 Å². The summed E-state index contributed by atoms with van der Waals surface area (Å²) in [6.07, 6.45) is 2.69. The normalized spacial score (nSPS) is 16.2. The number of carbonyl (C=O) groups is 1. The predicted molar refractivity (Wildman–Crippen MR) is 110 cm³/mol. The summed E-state index contributed by atoms with van der Waals surface area (Å²) in [5.41, 5.74) is 0.824. The van der Waals surface area contributed by atoms with Crippen LogP contribution in [0.25, 0.3) is 10.4 Å². The molecule has 0 saturated carbocycles. The number of nitrogens with zero attached hydrogens (tertiary/aromatic N) is 2. The molecule has 29 heavy (non-hydrogen) atoms. The fourth-order valence-corrected chi connectivity index (χ4v) is 4.54. The highest BCUT2D eigenvalue weighted by molar-refractivity contribution is 7.17. The first-order valence-corrected chi connectivity index (χ1v) is 10.1. The number of carboxylic acids is 1. The lowest BCUT2D eigenvalue weighted by Gasteiger charge is -2.16. The molecule has 0 radical (unpaired) electrons. The quantitative estimate of drug-likeness (QED) is 0.695. The van der Waals surface area contributed by atoms with Crippen molar-refractivity contribution in [1.82, 2.24) is 9.13 Å². The van der Waals surface area contributed by atoms with Gasteiger partial charge in [0.2, 0.25) is 0 Å². The zero-order valence-corrected chi connectivity index (χ0v) is 16.6. The molecule has 4 rings (SSSR count). The Hall–Kier alpha value is -2.97. The molecule has 150 valence electrons. The Bertz CT molecular complexity index is 1170. The van der Waals surface area contributed by atoms with Gasteiger partial charge in [0.05, 0.1) is 6.54 Å². The number of aromatic carboxylic acids is 1. The Balaban J connectivity index is 1.80. The van der Waals surface area contributed by atoms with Crippen molar-refractivity contribution in [3.05, 3.63) is 79.4 Å². The van der Waals surface area contributed by atoms with E-state index in [4.69, 9.17) is 4.74 Å². The second-order valence-electron chi connectivity index (χ2n) is 7.00. The second kappa shape index (κ2) is 7.81. The lowest BCUT2D eigenvalue weighted by atomic mass is 10.1. The number of carboxylic acid groups (broad SMARTS) is 1. The smallest absolute Gasteiger partial charge is 0.346 e. The van der Waals surface area contributed by atoms with Gasteiger partial charge in [-0.2, -0.15) is 0 Å². The van der Waals surface area contributed by atoms with Crippen molar-refractivity contribution < 1.29 is 14.6 Å². The molecule has 1 aliphatic heterocycles. The van der Waals surface area contributed by atoms with Crippen molar-refractivity contribution in [2.45, 2.75) is 32.5 Å². The van der Waals surface area contributed by atoms with Crippen LogP contribution in [0.4, 0.5) is 0 Å². The van der Waals surface area contributed by atoms with Crippen LogP contribution in [0.5, 0.6) is 0 Å². The van der Waals surface area contributed by atoms with Crippen LogP contribution in [0.1, 0.15) is 39.9 Å². The van der Waals surface area contributed by atoms with E-state index >= 15 is 0 Å². The number of hydrogen-bond acceptors (Lipinski definition) is 5. The monoisotopic (exact) mass is 412 g/mol. The fraction of sp³-hybridized carbons (Fsp3) is 0.286. The minimum atomic E-state index is -1.08. The van der Waals surface area contributed by atoms with Crippen molar-refractivity contribution in [2.24, 2.45) is 0 Å². The average molecular weight is 412 g/mol. The number of aryl methyl sites for hydroxylation is 1. The van der Waals surface area contributed by atoms with Gasteiger partial charge in [-0.1, -0.05) is 30.3 Å². The molecule has 1 N–H and O–H groups in total. The number of hydrogen-bond donors (Lipinski definition) is 1. The summed E-state index contributed by atoms with van der Waals surface area (Å²) >= 11 is 1.14. The second-order valence-corrected chi connectivity index (χ2v) is 8.05. The maximum atomic E-state index is 13.0. The summed E-state index contributed by atoms with van der Waals surface area (Å²) in [7, 11) is 0. The number of ether oxygens (including phenoxy) is 1. The van der Waals surface area contributed by atoms with Gasteiger partial charge < -0.3 is 9.84 Å². The van der Waals surface area contributed by atoms with Crippen LogP contribution >= 0.6 is 11.3 Å². The van der Waals surface area contributed by atoms with Crippen molar-refractivity contribution >= 4 is 17.3 Å². The SMILES string of the molecule is Cc1cn(C2CCCO2)c(=O)n(Cc2cc(-c3ccccc3)sc2C(=O)O)c1=O. The van der Waals surface area contributed by atoms with Gasteiger partial charge in [-0.15, -0.1) is 11.3 Å². The molecule has 0 aliphatic carbocycles. The molecular weight excluding hydrogens is 392 g/mol. The third kappa shape index (κ3) is 3.68. The van der Waals surface area contributed by atoms with Gasteiger partial charge in [-0.25, -0.2) is 9.59 Å². The molecule has 0 spiro atoms. The summed E-state index contributed by atoms with van der Waals surface area (Å²) in [6, 6.07) is 11.2. The molecule has 1 unspecified atom stereocenters. The Morgan fingerprint density at radius 2 is 2.03 bits per heavy atom. The molecule has 1 saturated heterocycles. The van der Waals surface area contributed by atoms with E-state index in [-0.39, 0.29) is 11.4 Å². The van der Waals surface area contributed by atoms with Gasteiger partial charge in [0, 0.05) is 23.2 Å². The lowest BCUT2D eigenvalue weighted by Crippen LogP contribution is -2.42. The predicted octanol–water partition coefficient (Wildman–Crippen LogP) is 3.10. The maximum absolute atomic E-state index is 13.0. The first kappa shape index (κ1) is 19.4. The van der Waals surface area contributed by atoms with Gasteiger partial charge in [0.25, 0.3) is 5.56 Å². The van der Waals surface area contributed by atoms with Gasteiger partial charge in [-0.05, 0) is 37.0 Å². The Morgan fingerprint density at radius 1 is 1.28 bits per heavy atom. The molecule has 3 heterocycles. The fourth-order valence-electron chi connectivity index (χ4n) is 3.53. The third-order valence-corrected chi connectivity index (χ3v) is 6.19. The number of benzene rings is 1. The maximum Gasteiger partial charge on any atom is 0.346 e. The molecule has 7 nitrogen and oxygen atoms in total. The largest absolute Gasteiger partial charge is 0.477 e. The van der Waals surface area contributed by atoms with Crippen LogP contribution in [0, 0.1) is 6.92 Å². The van der Waals surface area contributed by atoms with E-state index in [1.54, 1.807) is 13.0 Å². The molecule has 8 heteroatoms. The van der Waals surface area contributed by atoms with Crippen LogP contribution in [-0.4, -0.2) is 26.8 Å². The van der Waals surface area contributed by atoms with Crippen molar-refractivity contribution in [3.63, 3.8) is 0 Å². The highest BCUT2D eigenvalue weighted by atomic mass is 32.1. The minimum Gasteiger partial charge on any atom is -0.477 e. The molecule has 0 amide bonds. The van der Waals surface area contributed by atoms with Gasteiger partial charge in [-0.3, -0.25) is 13.9 Å². The zero-order chi connectivity index (χ0) is 20.5. The van der Waals surface area contributed by atoms with E-state index in [1.807, 2.05) is 30.3 Å². The molecule has 3 aromatic rings. The minimum absolute atomic E-state index is 0.100. The molecule has 1 fully saturated rings. The van der Waals surface area contributed by atoms with E-state index in [0.717, 1.165) is 32.8 Å². The summed E-state index contributed by atoms with van der Waals surface area (Å²) in [5, 5.41) is 9.64. The highest BCUT2D eigenvalue weighted by Gasteiger charge is 2.23. The average Bonchev–Trinajstić information content (AvgIpc) is 3.39. The first-order valence-electron chi connectivity index (χ1n) is 9.31. The molecule has 0 bridgehead atoms. The van der Waals surface area contributed by atoms with E-state index in [0.29, 0.717) is 24.2 Å². The van der Waals surface area contributed by atoms with Crippen LogP contribution < -0.4 is 11.2 Å². The Morgan fingerprint density at radius 3 is 2.69 bits per heavy atom. The standard InChI is InChI=1S/C21H20N2O5S/c1-13-11-22(17-8-5-9-28-17)21(27)23(19(13)24)12-15-10-16(29-18(15)20(25)26)14-6-3-2-4-7-14/h2-4,6-7,10-11,17H,5,8-9,12H2,1H3,(H,25,26). The third-order valence-electron chi connectivity index (χ3n) is 4.97. The van der Waals surface area contributed by atoms with E-state index in [2.05, 4.69) is 0 Å². The Labute approximate surface area is 170 Å². The van der Waals surface area contributed by atoms with Crippen molar-refractivity contribution in [3.8, 4) is 10.4 Å². The van der Waals surface area contributed by atoms with E-state index < -0.39 is 23.4 Å². The van der Waals surface area contributed by atoms with Gasteiger partial charge in [0.15, 0.2) is 0 Å². The topological polar surface area (TPSA) is 90.5 Å². The van der Waals surface area contributed by atoms with Gasteiger partial charge >= 0.3 is 11.7 Å². The summed E-state index contributed by atoms with van der Waals surface area (Å²) in [6.45, 7) is 2.12. The molecule has 1 aliphatic rings. The summed E-state index contributed by atoms with van der Waals surface area (Å²) in [5.74, 6) is -1.08. The highest BCUT2D eigenvalue weighted by Crippen LogP contribution is 2.32. The van der Waals surface area contributed by atoms with E-state index in [1.165, 1.54) is 10.8 Å². The summed E-state index contributed by atoms with van der Waals surface area (Å²) < 4.78 is 8.14. The Kier molecular flexibility index (Phi) is 5.21. The molecule has 1 atom stereocenters. The van der Waals surface area contributed by atoms with Crippen LogP contribution in [0.3, 0.4) is 0 Å². The lowest BCUT2D eigenvalue weighted by molar-refractivity contribution is 0.0512. The summed E-state index contributed by atoms with van der Waals surface area (Å²) in [4.78, 5) is 38.4. The van der Waals surface area contributed by atoms with Crippen LogP contribution in [-0.2, 0) is 11.3 Å². The number of aromatic nitrogens is 2. The number of thiophene rings is 1. The first-order chi connectivity index (χ1) is 14.0. The van der Waals surface area contributed by atoms with Gasteiger partial charge in [0.1, 0.15) is 11.1 Å². The molecule has 2 aromatic heterocycles. The van der Waals surface area contributed by atoms with Crippen LogP contribution in [0.2, 0.25) is 0 Å². The van der Waals surface area contributed by atoms with Crippen LogP contribution in [0.15, 0.2) is 52.2 Å².